The Labute approximate surface area is 161 Å². The van der Waals surface area contributed by atoms with Crippen LogP contribution >= 0.6 is 11.3 Å². The fourth-order valence-electron chi connectivity index (χ4n) is 3.18. The van der Waals surface area contributed by atoms with E-state index in [2.05, 4.69) is 39.5 Å². The van der Waals surface area contributed by atoms with Crippen molar-refractivity contribution in [3.05, 3.63) is 81.2 Å². The van der Waals surface area contributed by atoms with Crippen molar-refractivity contribution in [3.63, 3.8) is 0 Å². The van der Waals surface area contributed by atoms with Crippen LogP contribution in [0.2, 0.25) is 0 Å². The number of hydrogen-bond donors (Lipinski definition) is 1. The molecule has 0 bridgehead atoms. The van der Waals surface area contributed by atoms with Gasteiger partial charge < -0.3 is 9.88 Å². The second-order valence-electron chi connectivity index (χ2n) is 6.55. The van der Waals surface area contributed by atoms with Crippen LogP contribution in [0.15, 0.2) is 59.5 Å². The van der Waals surface area contributed by atoms with Crippen LogP contribution in [0.25, 0.3) is 0 Å². The Morgan fingerprint density at radius 2 is 1.96 bits per heavy atom. The van der Waals surface area contributed by atoms with Crippen LogP contribution in [0.3, 0.4) is 0 Å². The summed E-state index contributed by atoms with van der Waals surface area (Å²) in [4.78, 5) is 32.1. The van der Waals surface area contributed by atoms with E-state index in [1.165, 1.54) is 32.4 Å². The molecule has 3 heterocycles. The molecule has 0 saturated carbocycles. The topological polar surface area (TPSA) is 67.2 Å². The van der Waals surface area contributed by atoms with Crippen LogP contribution in [-0.2, 0) is 30.8 Å². The van der Waals surface area contributed by atoms with Gasteiger partial charge in [0.2, 0.25) is 5.91 Å². The highest BCUT2D eigenvalue weighted by atomic mass is 32.1. The summed E-state index contributed by atoms with van der Waals surface area (Å²) in [7, 11) is 0. The smallest absolute Gasteiger partial charge is 0.250 e. The first-order valence-electron chi connectivity index (χ1n) is 8.87. The molecule has 2 aromatic heterocycles. The third-order valence-electron chi connectivity index (χ3n) is 4.52. The van der Waals surface area contributed by atoms with E-state index in [-0.39, 0.29) is 18.0 Å². The Balaban J connectivity index is 1.39. The van der Waals surface area contributed by atoms with Gasteiger partial charge in [0.15, 0.2) is 5.13 Å². The van der Waals surface area contributed by atoms with Crippen molar-refractivity contribution in [2.24, 2.45) is 0 Å². The Morgan fingerprint density at radius 3 is 2.78 bits per heavy atom. The van der Waals surface area contributed by atoms with Crippen molar-refractivity contribution >= 4 is 22.4 Å². The average molecular weight is 380 g/mol. The van der Waals surface area contributed by atoms with Crippen LogP contribution in [0.5, 0.6) is 0 Å². The number of carbonyl (C=O) groups excluding carboxylic acids is 1. The van der Waals surface area contributed by atoms with Gasteiger partial charge in [-0.2, -0.15) is 0 Å². The number of amides is 1. The molecule has 0 unspecified atom stereocenters. The number of aromatic nitrogens is 2. The standard InChI is InChI=1S/C20H20N4O2S/c25-18(14-24-10-5-4-8-19(24)26)22-20-21-16-9-11-23(13-17(16)27-20)12-15-6-2-1-3-7-15/h1-8,10H,9,11-14H2,(H,21,22,25). The predicted molar refractivity (Wildman–Crippen MR) is 106 cm³/mol. The number of thiazole rings is 1. The Kier molecular flexibility index (Phi) is 5.13. The molecule has 1 aromatic carbocycles. The number of nitrogens with one attached hydrogen (secondary N) is 1. The largest absolute Gasteiger partial charge is 0.306 e. The zero-order chi connectivity index (χ0) is 18.6. The van der Waals surface area contributed by atoms with Crippen LogP contribution in [0.4, 0.5) is 5.13 Å². The lowest BCUT2D eigenvalue weighted by Gasteiger charge is -2.25. The first-order valence-corrected chi connectivity index (χ1v) is 9.69. The lowest BCUT2D eigenvalue weighted by Crippen LogP contribution is -2.29. The molecule has 1 aliphatic heterocycles. The summed E-state index contributed by atoms with van der Waals surface area (Å²) in [6.07, 6.45) is 2.49. The van der Waals surface area contributed by atoms with Crippen LogP contribution in [-0.4, -0.2) is 26.9 Å². The summed E-state index contributed by atoms with van der Waals surface area (Å²) < 4.78 is 1.38. The number of nitrogens with zero attached hydrogens (tertiary/aromatic N) is 3. The molecule has 0 aliphatic carbocycles. The monoisotopic (exact) mass is 380 g/mol. The number of fused-ring (bicyclic) bond motifs is 1. The zero-order valence-corrected chi connectivity index (χ0v) is 15.6. The first-order chi connectivity index (χ1) is 13.2. The lowest BCUT2D eigenvalue weighted by atomic mass is 10.1. The van der Waals surface area contributed by atoms with E-state index in [1.807, 2.05) is 6.07 Å². The second kappa shape index (κ2) is 7.85. The van der Waals surface area contributed by atoms with E-state index >= 15 is 0 Å². The predicted octanol–water partition coefficient (Wildman–Crippen LogP) is 2.50. The third-order valence-corrected chi connectivity index (χ3v) is 5.52. The van der Waals surface area contributed by atoms with Crippen LogP contribution < -0.4 is 10.9 Å². The molecule has 1 N–H and O–H groups in total. The quantitative estimate of drug-likeness (QED) is 0.739. The van der Waals surface area contributed by atoms with Crippen molar-refractivity contribution in [3.8, 4) is 0 Å². The molecule has 6 nitrogen and oxygen atoms in total. The summed E-state index contributed by atoms with van der Waals surface area (Å²) in [5, 5.41) is 3.44. The number of hydrogen-bond acceptors (Lipinski definition) is 5. The van der Waals surface area contributed by atoms with E-state index in [4.69, 9.17) is 0 Å². The molecule has 0 saturated heterocycles. The van der Waals surface area contributed by atoms with Crippen molar-refractivity contribution in [1.29, 1.82) is 0 Å². The maximum atomic E-state index is 12.2. The summed E-state index contributed by atoms with van der Waals surface area (Å²) in [5.41, 5.74) is 2.17. The summed E-state index contributed by atoms with van der Waals surface area (Å²) in [6, 6.07) is 15.3. The van der Waals surface area contributed by atoms with Crippen molar-refractivity contribution in [2.75, 3.05) is 11.9 Å². The lowest BCUT2D eigenvalue weighted by molar-refractivity contribution is -0.116. The second-order valence-corrected chi connectivity index (χ2v) is 7.63. The molecule has 138 valence electrons. The van der Waals surface area contributed by atoms with Gasteiger partial charge in [-0.05, 0) is 11.6 Å². The van der Waals surface area contributed by atoms with E-state index < -0.39 is 0 Å². The van der Waals surface area contributed by atoms with Gasteiger partial charge in [-0.1, -0.05) is 36.4 Å². The molecule has 0 spiro atoms. The summed E-state index contributed by atoms with van der Waals surface area (Å²) in [6.45, 7) is 2.70. The van der Waals surface area contributed by atoms with E-state index in [0.29, 0.717) is 5.13 Å². The molecule has 27 heavy (non-hydrogen) atoms. The summed E-state index contributed by atoms with van der Waals surface area (Å²) in [5.74, 6) is -0.240. The molecular formula is C20H20N4O2S. The molecular weight excluding hydrogens is 360 g/mol. The van der Waals surface area contributed by atoms with Gasteiger partial charge >= 0.3 is 0 Å². The molecule has 3 aromatic rings. The van der Waals surface area contributed by atoms with Gasteiger partial charge in [0.05, 0.1) is 5.69 Å². The maximum Gasteiger partial charge on any atom is 0.250 e. The maximum absolute atomic E-state index is 12.2. The SMILES string of the molecule is O=C(Cn1ccccc1=O)Nc1nc2c(s1)CN(Cc1ccccc1)CC2. The van der Waals surface area contributed by atoms with Gasteiger partial charge in [0, 0.05) is 43.2 Å². The zero-order valence-electron chi connectivity index (χ0n) is 14.8. The van der Waals surface area contributed by atoms with Crippen LogP contribution in [0, 0.1) is 0 Å². The highest BCUT2D eigenvalue weighted by molar-refractivity contribution is 7.15. The minimum Gasteiger partial charge on any atom is -0.306 e. The Hall–Kier alpha value is -2.77. The number of rotatable bonds is 5. The van der Waals surface area contributed by atoms with Crippen LogP contribution in [0.1, 0.15) is 16.1 Å². The minimum atomic E-state index is -0.240. The fraction of sp³-hybridized carbons (Fsp3) is 0.250. The van der Waals surface area contributed by atoms with Gasteiger partial charge in [0.1, 0.15) is 6.54 Å². The number of anilines is 1. The molecule has 0 atom stereocenters. The first kappa shape index (κ1) is 17.6. The molecule has 1 amide bonds. The van der Waals surface area contributed by atoms with Gasteiger partial charge in [-0.25, -0.2) is 4.98 Å². The van der Waals surface area contributed by atoms with Gasteiger partial charge in [0.25, 0.3) is 5.56 Å². The Morgan fingerprint density at radius 1 is 1.15 bits per heavy atom. The van der Waals surface area contributed by atoms with E-state index in [9.17, 15) is 9.59 Å². The minimum absolute atomic E-state index is 0.00987. The number of carbonyl (C=O) groups is 1. The molecule has 1 aliphatic rings. The van der Waals surface area contributed by atoms with Gasteiger partial charge in [-0.15, -0.1) is 11.3 Å². The average Bonchev–Trinajstić information content (AvgIpc) is 3.06. The molecule has 7 heteroatoms. The van der Waals surface area contributed by atoms with E-state index in [1.54, 1.807) is 18.3 Å². The Bertz CT molecular complexity index is 996. The van der Waals surface area contributed by atoms with Crippen molar-refractivity contribution in [2.45, 2.75) is 26.1 Å². The highest BCUT2D eigenvalue weighted by Crippen LogP contribution is 2.29. The number of benzene rings is 1. The van der Waals surface area contributed by atoms with Crippen molar-refractivity contribution in [1.82, 2.24) is 14.5 Å². The van der Waals surface area contributed by atoms with Crippen molar-refractivity contribution < 1.29 is 4.79 Å². The normalized spacial score (nSPS) is 13.9. The van der Waals surface area contributed by atoms with E-state index in [0.717, 1.165) is 31.7 Å². The number of pyridine rings is 1. The van der Waals surface area contributed by atoms with Gasteiger partial charge in [-0.3, -0.25) is 14.5 Å². The molecule has 0 radical (unpaired) electrons. The summed E-state index contributed by atoms with van der Waals surface area (Å²) >= 11 is 1.52. The molecule has 0 fully saturated rings. The molecule has 4 rings (SSSR count). The highest BCUT2D eigenvalue weighted by Gasteiger charge is 2.21. The fourth-order valence-corrected chi connectivity index (χ4v) is 4.25. The third kappa shape index (κ3) is 4.32.